The van der Waals surface area contributed by atoms with Crippen LogP contribution in [0.5, 0.6) is 0 Å². The molecule has 0 atom stereocenters. The first-order valence-corrected chi connectivity index (χ1v) is 8.42. The SMILES string of the molecule is Nc1ccc(N2CCC(Cc3ccccc3Cl)CC2)c(Cl)c1. The summed E-state index contributed by atoms with van der Waals surface area (Å²) in [7, 11) is 0. The van der Waals surface area contributed by atoms with Gasteiger partial charge in [-0.2, -0.15) is 0 Å². The Balaban J connectivity index is 1.62. The highest BCUT2D eigenvalue weighted by atomic mass is 35.5. The van der Waals surface area contributed by atoms with Crippen molar-refractivity contribution in [3.63, 3.8) is 0 Å². The molecule has 0 spiro atoms. The monoisotopic (exact) mass is 334 g/mol. The zero-order chi connectivity index (χ0) is 15.5. The van der Waals surface area contributed by atoms with E-state index in [0.717, 1.165) is 48.1 Å². The number of nitrogens with two attached hydrogens (primary N) is 1. The molecule has 1 saturated heterocycles. The van der Waals surface area contributed by atoms with Gasteiger partial charge in [-0.3, -0.25) is 0 Å². The average Bonchev–Trinajstić information content (AvgIpc) is 2.51. The first kappa shape index (κ1) is 15.5. The molecular formula is C18H20Cl2N2. The molecule has 2 aromatic carbocycles. The van der Waals surface area contributed by atoms with Crippen LogP contribution in [-0.4, -0.2) is 13.1 Å². The Morgan fingerprint density at radius 1 is 1.00 bits per heavy atom. The molecule has 0 bridgehead atoms. The lowest BCUT2D eigenvalue weighted by atomic mass is 9.90. The van der Waals surface area contributed by atoms with E-state index in [1.165, 1.54) is 5.56 Å². The van der Waals surface area contributed by atoms with Crippen molar-refractivity contribution in [2.45, 2.75) is 19.3 Å². The number of nitrogens with zero attached hydrogens (tertiary/aromatic N) is 1. The molecule has 2 nitrogen and oxygen atoms in total. The third-order valence-corrected chi connectivity index (χ3v) is 5.06. The van der Waals surface area contributed by atoms with Gasteiger partial charge >= 0.3 is 0 Å². The number of piperidine rings is 1. The summed E-state index contributed by atoms with van der Waals surface area (Å²) in [6.45, 7) is 2.05. The van der Waals surface area contributed by atoms with Gasteiger partial charge in [0.05, 0.1) is 10.7 Å². The van der Waals surface area contributed by atoms with E-state index in [9.17, 15) is 0 Å². The van der Waals surface area contributed by atoms with E-state index in [1.54, 1.807) is 0 Å². The van der Waals surface area contributed by atoms with Crippen LogP contribution in [0.25, 0.3) is 0 Å². The molecule has 0 unspecified atom stereocenters. The molecular weight excluding hydrogens is 315 g/mol. The predicted molar refractivity (Wildman–Crippen MR) is 96.0 cm³/mol. The van der Waals surface area contributed by atoms with Crippen LogP contribution >= 0.6 is 23.2 Å². The van der Waals surface area contributed by atoms with Crippen LogP contribution in [0.4, 0.5) is 11.4 Å². The van der Waals surface area contributed by atoms with Gasteiger partial charge in [0.1, 0.15) is 0 Å². The molecule has 1 aliphatic rings. The molecule has 0 aromatic heterocycles. The van der Waals surface area contributed by atoms with E-state index < -0.39 is 0 Å². The first-order chi connectivity index (χ1) is 10.6. The lowest BCUT2D eigenvalue weighted by molar-refractivity contribution is 0.404. The number of anilines is 2. The van der Waals surface area contributed by atoms with E-state index in [-0.39, 0.29) is 0 Å². The summed E-state index contributed by atoms with van der Waals surface area (Å²) in [5.41, 5.74) is 8.82. The first-order valence-electron chi connectivity index (χ1n) is 7.67. The largest absolute Gasteiger partial charge is 0.399 e. The quantitative estimate of drug-likeness (QED) is 0.797. The minimum Gasteiger partial charge on any atom is -0.399 e. The Hall–Kier alpha value is -1.38. The van der Waals surface area contributed by atoms with Crippen LogP contribution in [0.3, 0.4) is 0 Å². The van der Waals surface area contributed by atoms with E-state index in [4.69, 9.17) is 28.9 Å². The van der Waals surface area contributed by atoms with Gasteiger partial charge in [0.2, 0.25) is 0 Å². The van der Waals surface area contributed by atoms with E-state index in [2.05, 4.69) is 17.0 Å². The number of hydrogen-bond acceptors (Lipinski definition) is 2. The predicted octanol–water partition coefficient (Wildman–Crippen LogP) is 5.03. The van der Waals surface area contributed by atoms with E-state index in [1.807, 2.05) is 30.3 Å². The Morgan fingerprint density at radius 3 is 2.41 bits per heavy atom. The van der Waals surface area contributed by atoms with Gasteiger partial charge < -0.3 is 10.6 Å². The summed E-state index contributed by atoms with van der Waals surface area (Å²) in [5, 5.41) is 1.62. The highest BCUT2D eigenvalue weighted by Gasteiger charge is 2.21. The van der Waals surface area contributed by atoms with Gasteiger partial charge in [0.25, 0.3) is 0 Å². The number of hydrogen-bond donors (Lipinski definition) is 1. The molecule has 2 N–H and O–H groups in total. The smallest absolute Gasteiger partial charge is 0.0660 e. The summed E-state index contributed by atoms with van der Waals surface area (Å²) < 4.78 is 0. The van der Waals surface area contributed by atoms with E-state index >= 15 is 0 Å². The zero-order valence-corrected chi connectivity index (χ0v) is 13.9. The zero-order valence-electron chi connectivity index (χ0n) is 12.4. The fraction of sp³-hybridized carbons (Fsp3) is 0.333. The van der Waals surface area contributed by atoms with Gasteiger partial charge in [0, 0.05) is 23.8 Å². The third-order valence-electron chi connectivity index (χ3n) is 4.39. The molecule has 0 amide bonds. The van der Waals surface area contributed by atoms with Crippen molar-refractivity contribution in [1.29, 1.82) is 0 Å². The standard InChI is InChI=1S/C18H20Cl2N2/c19-16-4-2-1-3-14(16)11-13-7-9-22(10-8-13)18-6-5-15(21)12-17(18)20/h1-6,12-13H,7-11,21H2. The molecule has 2 aromatic rings. The fourth-order valence-electron chi connectivity index (χ4n) is 3.13. The molecule has 3 rings (SSSR count). The summed E-state index contributed by atoms with van der Waals surface area (Å²) >= 11 is 12.6. The van der Waals surface area contributed by atoms with Gasteiger partial charge in [-0.05, 0) is 55.0 Å². The van der Waals surface area contributed by atoms with Crippen LogP contribution < -0.4 is 10.6 Å². The van der Waals surface area contributed by atoms with Crippen LogP contribution in [-0.2, 0) is 6.42 Å². The van der Waals surface area contributed by atoms with Crippen molar-refractivity contribution in [2.24, 2.45) is 5.92 Å². The summed E-state index contributed by atoms with van der Waals surface area (Å²) in [5.74, 6) is 0.684. The average molecular weight is 335 g/mol. The van der Waals surface area contributed by atoms with Crippen LogP contribution in [0.15, 0.2) is 42.5 Å². The highest BCUT2D eigenvalue weighted by Crippen LogP contribution is 2.32. The minimum absolute atomic E-state index is 0.684. The molecule has 116 valence electrons. The highest BCUT2D eigenvalue weighted by molar-refractivity contribution is 6.33. The summed E-state index contributed by atoms with van der Waals surface area (Å²) in [4.78, 5) is 2.35. The number of benzene rings is 2. The Morgan fingerprint density at radius 2 is 1.73 bits per heavy atom. The summed E-state index contributed by atoms with van der Waals surface area (Å²) in [6, 6.07) is 13.9. The molecule has 0 aliphatic carbocycles. The second kappa shape index (κ2) is 6.80. The van der Waals surface area contributed by atoms with Gasteiger partial charge in [-0.15, -0.1) is 0 Å². The minimum atomic E-state index is 0.684. The summed E-state index contributed by atoms with van der Waals surface area (Å²) in [6.07, 6.45) is 3.38. The fourth-order valence-corrected chi connectivity index (χ4v) is 3.65. The molecule has 4 heteroatoms. The number of halogens is 2. The normalized spacial score (nSPS) is 16.0. The van der Waals surface area contributed by atoms with Crippen molar-refractivity contribution >= 4 is 34.6 Å². The number of rotatable bonds is 3. The third kappa shape index (κ3) is 3.50. The van der Waals surface area contributed by atoms with Crippen molar-refractivity contribution in [3.8, 4) is 0 Å². The van der Waals surface area contributed by atoms with Gasteiger partial charge in [0.15, 0.2) is 0 Å². The lowest BCUT2D eigenvalue weighted by Crippen LogP contribution is -2.34. The second-order valence-corrected chi connectivity index (χ2v) is 6.75. The maximum atomic E-state index is 6.31. The van der Waals surface area contributed by atoms with Gasteiger partial charge in [-0.1, -0.05) is 41.4 Å². The van der Waals surface area contributed by atoms with Crippen molar-refractivity contribution < 1.29 is 0 Å². The molecule has 1 heterocycles. The van der Waals surface area contributed by atoms with Crippen LogP contribution in [0.2, 0.25) is 10.0 Å². The van der Waals surface area contributed by atoms with Gasteiger partial charge in [-0.25, -0.2) is 0 Å². The molecule has 0 saturated carbocycles. The van der Waals surface area contributed by atoms with Crippen molar-refractivity contribution in [3.05, 3.63) is 58.1 Å². The maximum absolute atomic E-state index is 6.31. The Labute approximate surface area is 141 Å². The number of nitrogen functional groups attached to an aromatic ring is 1. The molecule has 0 radical (unpaired) electrons. The maximum Gasteiger partial charge on any atom is 0.0660 e. The topological polar surface area (TPSA) is 29.3 Å². The van der Waals surface area contributed by atoms with E-state index in [0.29, 0.717) is 11.6 Å². The Bertz CT molecular complexity index is 649. The Kier molecular flexibility index (Phi) is 4.80. The molecule has 1 aliphatic heterocycles. The second-order valence-electron chi connectivity index (χ2n) is 5.94. The van der Waals surface area contributed by atoms with Crippen molar-refractivity contribution in [1.82, 2.24) is 0 Å². The lowest BCUT2D eigenvalue weighted by Gasteiger charge is -2.34. The molecule has 22 heavy (non-hydrogen) atoms. The van der Waals surface area contributed by atoms with Crippen molar-refractivity contribution in [2.75, 3.05) is 23.7 Å². The van der Waals surface area contributed by atoms with Crippen LogP contribution in [0.1, 0.15) is 18.4 Å². The van der Waals surface area contributed by atoms with Crippen LogP contribution in [0, 0.1) is 5.92 Å². The molecule has 1 fully saturated rings.